The van der Waals surface area contributed by atoms with E-state index in [1.165, 1.54) is 19.9 Å². The van der Waals surface area contributed by atoms with Crippen LogP contribution in [0.2, 0.25) is 0 Å². The van der Waals surface area contributed by atoms with Crippen LogP contribution in [0.15, 0.2) is 4.99 Å². The molecule has 1 unspecified atom stereocenters. The number of nitrogens with zero attached hydrogens (tertiary/aromatic N) is 6. The summed E-state index contributed by atoms with van der Waals surface area (Å²) in [5.41, 5.74) is 0.189. The van der Waals surface area contributed by atoms with E-state index in [1.807, 2.05) is 11.1 Å². The smallest absolute Gasteiger partial charge is 0.414 e. The van der Waals surface area contributed by atoms with Crippen molar-refractivity contribution in [3.05, 3.63) is 0 Å². The second-order valence-electron chi connectivity index (χ2n) is 10.5. The molecular formula is C25H43N7O4. The van der Waals surface area contributed by atoms with Crippen molar-refractivity contribution in [1.82, 2.24) is 24.9 Å². The van der Waals surface area contributed by atoms with Crippen LogP contribution >= 0.6 is 0 Å². The third kappa shape index (κ3) is 8.61. The number of aliphatic imine (C=N–C) groups is 1. The first-order valence-electron chi connectivity index (χ1n) is 13.2. The summed E-state index contributed by atoms with van der Waals surface area (Å²) in [6.45, 7) is 9.26. The minimum absolute atomic E-state index is 0.189. The van der Waals surface area contributed by atoms with Crippen molar-refractivity contribution in [3.8, 4) is 6.19 Å². The normalized spacial score (nSPS) is 22.1. The van der Waals surface area contributed by atoms with Crippen LogP contribution in [0.4, 0.5) is 4.79 Å². The zero-order valence-electron chi connectivity index (χ0n) is 22.2. The Hall–Kier alpha value is -2.42. The van der Waals surface area contributed by atoms with Crippen molar-refractivity contribution in [1.29, 1.82) is 5.26 Å². The third-order valence-electron chi connectivity index (χ3n) is 7.64. The average Bonchev–Trinajstić information content (AvgIpc) is 3.33. The lowest BCUT2D eigenvalue weighted by Crippen LogP contribution is -2.50. The molecule has 202 valence electrons. The molecule has 11 heteroatoms. The molecule has 0 radical (unpaired) electrons. The number of nitriles is 1. The van der Waals surface area contributed by atoms with Crippen LogP contribution in [0.5, 0.6) is 0 Å². The number of amides is 2. The Morgan fingerprint density at radius 3 is 2.47 bits per heavy atom. The molecule has 3 rings (SSSR count). The number of piperazine rings is 1. The summed E-state index contributed by atoms with van der Waals surface area (Å²) >= 11 is 0. The molecule has 2 aliphatic heterocycles. The van der Waals surface area contributed by atoms with Gasteiger partial charge in [-0.1, -0.05) is 19.8 Å². The third-order valence-corrected chi connectivity index (χ3v) is 7.64. The largest absolute Gasteiger partial charge is 0.448 e. The van der Waals surface area contributed by atoms with Gasteiger partial charge in [0, 0.05) is 52.9 Å². The van der Waals surface area contributed by atoms with Crippen molar-refractivity contribution < 1.29 is 19.1 Å². The van der Waals surface area contributed by atoms with E-state index in [2.05, 4.69) is 29.1 Å². The fourth-order valence-corrected chi connectivity index (χ4v) is 5.06. The average molecular weight is 506 g/mol. The number of ether oxygens (including phenoxy) is 2. The molecule has 0 bridgehead atoms. The maximum absolute atomic E-state index is 13.1. The monoisotopic (exact) mass is 505 g/mol. The summed E-state index contributed by atoms with van der Waals surface area (Å²) in [7, 11) is 3.56. The number of guanidine groups is 1. The van der Waals surface area contributed by atoms with E-state index in [0.717, 1.165) is 50.3 Å². The molecule has 1 saturated carbocycles. The minimum Gasteiger partial charge on any atom is -0.448 e. The van der Waals surface area contributed by atoms with Gasteiger partial charge in [-0.15, -0.1) is 0 Å². The molecule has 0 aromatic rings. The Kier molecular flexibility index (Phi) is 10.8. The summed E-state index contributed by atoms with van der Waals surface area (Å²) < 4.78 is 10.9. The number of carbonyl (C=O) groups excluding carboxylic acids is 2. The van der Waals surface area contributed by atoms with Crippen LogP contribution in [-0.2, 0) is 14.3 Å². The van der Waals surface area contributed by atoms with E-state index in [0.29, 0.717) is 45.2 Å². The maximum atomic E-state index is 13.1. The van der Waals surface area contributed by atoms with E-state index in [9.17, 15) is 14.9 Å². The lowest BCUT2D eigenvalue weighted by molar-refractivity contribution is -0.128. The summed E-state index contributed by atoms with van der Waals surface area (Å²) in [5, 5.41) is 12.1. The molecule has 1 aliphatic carbocycles. The number of hydrogen-bond acceptors (Lipinski definition) is 8. The van der Waals surface area contributed by atoms with Gasteiger partial charge < -0.3 is 19.3 Å². The Morgan fingerprint density at radius 2 is 1.83 bits per heavy atom. The van der Waals surface area contributed by atoms with Gasteiger partial charge in [-0.05, 0) is 38.1 Å². The fraction of sp³-hybridized carbons (Fsp3) is 0.840. The van der Waals surface area contributed by atoms with Gasteiger partial charge in [0.25, 0.3) is 5.91 Å². The second kappa shape index (κ2) is 13.8. The van der Waals surface area contributed by atoms with Crippen molar-refractivity contribution in [3.63, 3.8) is 0 Å². The van der Waals surface area contributed by atoms with Crippen LogP contribution < -0.4 is 5.32 Å². The summed E-state index contributed by atoms with van der Waals surface area (Å²) in [4.78, 5) is 38.0. The van der Waals surface area contributed by atoms with Gasteiger partial charge in [-0.2, -0.15) is 5.26 Å². The lowest BCUT2D eigenvalue weighted by atomic mass is 9.82. The number of carbonyl (C=O) groups is 2. The SMILES string of the molecule is CN1CCN(CCOC(=O)NC(=NC(CCC2(C)CCCC2)C(=O)N(C)C#N)N2CCOCC2)CC1. The molecule has 1 N–H and O–H groups in total. The number of hydrogen-bond donors (Lipinski definition) is 1. The number of alkyl carbamates (subject to hydrolysis) is 1. The molecule has 36 heavy (non-hydrogen) atoms. The predicted octanol–water partition coefficient (Wildman–Crippen LogP) is 1.32. The molecule has 2 heterocycles. The van der Waals surface area contributed by atoms with Crippen molar-refractivity contribution in [2.75, 3.05) is 79.7 Å². The van der Waals surface area contributed by atoms with Crippen LogP contribution in [0.3, 0.4) is 0 Å². The molecule has 0 aromatic carbocycles. The highest BCUT2D eigenvalue weighted by molar-refractivity contribution is 5.96. The Labute approximate surface area is 215 Å². The van der Waals surface area contributed by atoms with Crippen molar-refractivity contribution in [2.45, 2.75) is 51.5 Å². The molecule has 2 amide bonds. The topological polar surface area (TPSA) is 114 Å². The summed E-state index contributed by atoms with van der Waals surface area (Å²) in [5.74, 6) is -0.0562. The van der Waals surface area contributed by atoms with Gasteiger partial charge in [0.1, 0.15) is 12.6 Å². The first kappa shape index (κ1) is 28.2. The van der Waals surface area contributed by atoms with E-state index in [1.54, 1.807) is 0 Å². The maximum Gasteiger partial charge on any atom is 0.414 e. The number of rotatable bonds is 8. The zero-order valence-corrected chi connectivity index (χ0v) is 22.2. The Bertz CT molecular complexity index is 795. The van der Waals surface area contributed by atoms with Gasteiger partial charge in [0.15, 0.2) is 6.19 Å². The molecule has 0 aromatic heterocycles. The van der Waals surface area contributed by atoms with Gasteiger partial charge in [-0.3, -0.25) is 19.9 Å². The Balaban J connectivity index is 1.66. The predicted molar refractivity (Wildman–Crippen MR) is 136 cm³/mol. The molecule has 2 saturated heterocycles. The number of likely N-dealkylation sites (N-methyl/N-ethyl adjacent to an activating group) is 2. The summed E-state index contributed by atoms with van der Waals surface area (Å²) in [6, 6.07) is -0.754. The van der Waals surface area contributed by atoms with Gasteiger partial charge in [-0.25, -0.2) is 9.79 Å². The first-order chi connectivity index (χ1) is 17.3. The highest BCUT2D eigenvalue weighted by Crippen LogP contribution is 2.41. The highest BCUT2D eigenvalue weighted by atomic mass is 16.5. The molecule has 3 fully saturated rings. The fourth-order valence-electron chi connectivity index (χ4n) is 5.06. The van der Waals surface area contributed by atoms with Crippen LogP contribution in [-0.4, -0.2) is 123 Å². The summed E-state index contributed by atoms with van der Waals surface area (Å²) in [6.07, 6.45) is 7.37. The molecule has 0 spiro atoms. The van der Waals surface area contributed by atoms with E-state index < -0.39 is 12.1 Å². The molecular weight excluding hydrogens is 462 g/mol. The number of morpholine rings is 1. The van der Waals surface area contributed by atoms with Crippen molar-refractivity contribution in [2.24, 2.45) is 10.4 Å². The van der Waals surface area contributed by atoms with E-state index in [4.69, 9.17) is 14.5 Å². The number of nitrogens with one attached hydrogen (secondary N) is 1. The second-order valence-corrected chi connectivity index (χ2v) is 10.5. The van der Waals surface area contributed by atoms with Gasteiger partial charge in [0.2, 0.25) is 5.96 Å². The molecule has 3 aliphatic rings. The lowest BCUT2D eigenvalue weighted by Gasteiger charge is -2.32. The van der Waals surface area contributed by atoms with Crippen LogP contribution in [0, 0.1) is 16.9 Å². The van der Waals surface area contributed by atoms with Gasteiger partial charge >= 0.3 is 6.09 Å². The van der Waals surface area contributed by atoms with E-state index in [-0.39, 0.29) is 17.9 Å². The van der Waals surface area contributed by atoms with Crippen LogP contribution in [0.1, 0.15) is 45.4 Å². The van der Waals surface area contributed by atoms with Crippen molar-refractivity contribution >= 4 is 18.0 Å². The first-order valence-corrected chi connectivity index (χ1v) is 13.2. The zero-order chi connectivity index (χ0) is 26.0. The van der Waals surface area contributed by atoms with Crippen LogP contribution in [0.25, 0.3) is 0 Å². The van der Waals surface area contributed by atoms with Gasteiger partial charge in [0.05, 0.1) is 13.2 Å². The quantitative estimate of drug-likeness (QED) is 0.227. The standard InChI is InChI=1S/C25H43N7O4/c1-25(7-4-5-8-25)9-6-21(22(33)30(3)20-26)27-23(32-15-17-35-18-16-32)28-24(34)36-19-14-31-12-10-29(2)11-13-31/h21H,4-19H2,1-3H3,(H,27,28,34). The highest BCUT2D eigenvalue weighted by Gasteiger charge is 2.32. The Morgan fingerprint density at radius 1 is 1.17 bits per heavy atom. The molecule has 11 nitrogen and oxygen atoms in total. The molecule has 1 atom stereocenters. The van der Waals surface area contributed by atoms with E-state index >= 15 is 0 Å². The minimum atomic E-state index is -0.754.